The Labute approximate surface area is 117 Å². The van der Waals surface area contributed by atoms with Gasteiger partial charge in [0.15, 0.2) is 0 Å². The standard InChI is InChI=1S/C14H18N4O2/c1-3-12-16-13(18-17-12)14(19)15-9-8-10-6-4-5-7-11(10)20-2/h4-7H,3,8-9H2,1-2H3,(H,15,19)(H,16,17,18). The second-order valence-corrected chi connectivity index (χ2v) is 4.28. The number of benzene rings is 1. The molecule has 0 aliphatic carbocycles. The van der Waals surface area contributed by atoms with Gasteiger partial charge in [0.05, 0.1) is 7.11 Å². The van der Waals surface area contributed by atoms with Gasteiger partial charge >= 0.3 is 0 Å². The molecule has 0 aliphatic heterocycles. The molecule has 0 radical (unpaired) electrons. The van der Waals surface area contributed by atoms with Crippen molar-refractivity contribution in [1.82, 2.24) is 20.5 Å². The normalized spacial score (nSPS) is 10.3. The van der Waals surface area contributed by atoms with E-state index in [2.05, 4.69) is 20.5 Å². The van der Waals surface area contributed by atoms with Crippen LogP contribution >= 0.6 is 0 Å². The summed E-state index contributed by atoms with van der Waals surface area (Å²) in [5, 5.41) is 9.39. The van der Waals surface area contributed by atoms with Gasteiger partial charge in [0.2, 0.25) is 5.82 Å². The van der Waals surface area contributed by atoms with Crippen LogP contribution < -0.4 is 10.1 Å². The van der Waals surface area contributed by atoms with Crippen molar-refractivity contribution in [3.8, 4) is 5.75 Å². The number of H-pyrrole nitrogens is 1. The molecule has 20 heavy (non-hydrogen) atoms. The van der Waals surface area contributed by atoms with Gasteiger partial charge < -0.3 is 10.1 Å². The van der Waals surface area contributed by atoms with E-state index in [4.69, 9.17) is 4.74 Å². The summed E-state index contributed by atoms with van der Waals surface area (Å²) in [5.41, 5.74) is 1.06. The van der Waals surface area contributed by atoms with Crippen molar-refractivity contribution < 1.29 is 9.53 Å². The van der Waals surface area contributed by atoms with Crippen LogP contribution in [0.4, 0.5) is 0 Å². The van der Waals surface area contributed by atoms with Crippen molar-refractivity contribution in [3.63, 3.8) is 0 Å². The number of hydrogen-bond acceptors (Lipinski definition) is 4. The topological polar surface area (TPSA) is 79.9 Å². The van der Waals surface area contributed by atoms with Crippen LogP contribution in [0.25, 0.3) is 0 Å². The van der Waals surface area contributed by atoms with Gasteiger partial charge in [-0.05, 0) is 18.1 Å². The summed E-state index contributed by atoms with van der Waals surface area (Å²) in [7, 11) is 1.64. The second-order valence-electron chi connectivity index (χ2n) is 4.28. The highest BCUT2D eigenvalue weighted by Gasteiger charge is 2.11. The Balaban J connectivity index is 1.87. The maximum absolute atomic E-state index is 11.8. The van der Waals surface area contributed by atoms with Gasteiger partial charge in [-0.3, -0.25) is 9.89 Å². The Kier molecular flexibility index (Phi) is 4.70. The van der Waals surface area contributed by atoms with Gasteiger partial charge in [-0.2, -0.15) is 0 Å². The van der Waals surface area contributed by atoms with Crippen LogP contribution in [0.15, 0.2) is 24.3 Å². The van der Waals surface area contributed by atoms with Crippen LogP contribution in [0.1, 0.15) is 28.9 Å². The van der Waals surface area contributed by atoms with Crippen molar-refractivity contribution in [3.05, 3.63) is 41.5 Å². The van der Waals surface area contributed by atoms with Gasteiger partial charge in [-0.1, -0.05) is 25.1 Å². The Hall–Kier alpha value is -2.37. The van der Waals surface area contributed by atoms with Crippen molar-refractivity contribution in [1.29, 1.82) is 0 Å². The number of nitrogens with zero attached hydrogens (tertiary/aromatic N) is 2. The molecule has 0 saturated heterocycles. The first-order valence-electron chi connectivity index (χ1n) is 6.56. The number of aromatic amines is 1. The summed E-state index contributed by atoms with van der Waals surface area (Å²) in [6.07, 6.45) is 1.42. The zero-order valence-electron chi connectivity index (χ0n) is 11.6. The monoisotopic (exact) mass is 274 g/mol. The summed E-state index contributed by atoms with van der Waals surface area (Å²) in [6, 6.07) is 7.75. The van der Waals surface area contributed by atoms with Crippen LogP contribution in [0.3, 0.4) is 0 Å². The number of aromatic nitrogens is 3. The van der Waals surface area contributed by atoms with Gasteiger partial charge in [0.25, 0.3) is 5.91 Å². The second kappa shape index (κ2) is 6.70. The molecular formula is C14H18N4O2. The lowest BCUT2D eigenvalue weighted by molar-refractivity contribution is 0.0944. The third-order valence-corrected chi connectivity index (χ3v) is 2.94. The average Bonchev–Trinajstić information content (AvgIpc) is 2.96. The van der Waals surface area contributed by atoms with Crippen LogP contribution in [-0.4, -0.2) is 34.7 Å². The van der Waals surface area contributed by atoms with E-state index in [-0.39, 0.29) is 11.7 Å². The van der Waals surface area contributed by atoms with E-state index < -0.39 is 0 Å². The molecule has 0 saturated carbocycles. The summed E-state index contributed by atoms with van der Waals surface area (Å²) in [6.45, 7) is 2.46. The highest BCUT2D eigenvalue weighted by molar-refractivity contribution is 5.90. The highest BCUT2D eigenvalue weighted by atomic mass is 16.5. The van der Waals surface area contributed by atoms with E-state index in [1.807, 2.05) is 31.2 Å². The molecule has 2 aromatic rings. The van der Waals surface area contributed by atoms with E-state index in [1.54, 1.807) is 7.11 Å². The highest BCUT2D eigenvalue weighted by Crippen LogP contribution is 2.17. The molecule has 2 N–H and O–H groups in total. The first-order chi connectivity index (χ1) is 9.74. The van der Waals surface area contributed by atoms with E-state index in [0.29, 0.717) is 18.8 Å². The fraction of sp³-hybridized carbons (Fsp3) is 0.357. The number of rotatable bonds is 6. The predicted molar refractivity (Wildman–Crippen MR) is 74.8 cm³/mol. The Morgan fingerprint density at radius 3 is 2.90 bits per heavy atom. The zero-order chi connectivity index (χ0) is 14.4. The van der Waals surface area contributed by atoms with E-state index in [0.717, 1.165) is 17.7 Å². The van der Waals surface area contributed by atoms with Crippen LogP contribution in [0.5, 0.6) is 5.75 Å². The molecular weight excluding hydrogens is 256 g/mol. The molecule has 0 atom stereocenters. The minimum absolute atomic E-state index is 0.182. The van der Waals surface area contributed by atoms with Crippen LogP contribution in [0, 0.1) is 0 Å². The Morgan fingerprint density at radius 2 is 2.20 bits per heavy atom. The number of amides is 1. The molecule has 0 bridgehead atoms. The van der Waals surface area contributed by atoms with Crippen molar-refractivity contribution in [2.24, 2.45) is 0 Å². The lowest BCUT2D eigenvalue weighted by Crippen LogP contribution is -2.26. The Bertz CT molecular complexity index is 580. The number of carbonyl (C=O) groups excluding carboxylic acids is 1. The lowest BCUT2D eigenvalue weighted by atomic mass is 10.1. The molecule has 6 heteroatoms. The predicted octanol–water partition coefficient (Wildman–Crippen LogP) is 1.35. The third-order valence-electron chi connectivity index (χ3n) is 2.94. The third kappa shape index (κ3) is 3.34. The largest absolute Gasteiger partial charge is 0.496 e. The first-order valence-corrected chi connectivity index (χ1v) is 6.56. The van der Waals surface area contributed by atoms with Gasteiger partial charge in [-0.25, -0.2) is 4.98 Å². The molecule has 0 aliphatic rings. The number of carbonyl (C=O) groups is 1. The molecule has 6 nitrogen and oxygen atoms in total. The van der Waals surface area contributed by atoms with E-state index in [9.17, 15) is 4.79 Å². The smallest absolute Gasteiger partial charge is 0.290 e. The minimum atomic E-state index is -0.268. The van der Waals surface area contributed by atoms with Gasteiger partial charge in [0.1, 0.15) is 11.6 Å². The molecule has 1 aromatic carbocycles. The number of hydrogen-bond donors (Lipinski definition) is 2. The summed E-state index contributed by atoms with van der Waals surface area (Å²) in [4.78, 5) is 15.9. The molecule has 1 amide bonds. The van der Waals surface area contributed by atoms with E-state index >= 15 is 0 Å². The lowest BCUT2D eigenvalue weighted by Gasteiger charge is -2.08. The van der Waals surface area contributed by atoms with Crippen molar-refractivity contribution in [2.45, 2.75) is 19.8 Å². The van der Waals surface area contributed by atoms with Crippen molar-refractivity contribution >= 4 is 5.91 Å². The van der Waals surface area contributed by atoms with Crippen LogP contribution in [-0.2, 0) is 12.8 Å². The van der Waals surface area contributed by atoms with Gasteiger partial charge in [0, 0.05) is 13.0 Å². The fourth-order valence-corrected chi connectivity index (χ4v) is 1.85. The summed E-state index contributed by atoms with van der Waals surface area (Å²) in [5.74, 6) is 1.45. The number of nitrogens with one attached hydrogen (secondary N) is 2. The average molecular weight is 274 g/mol. The van der Waals surface area contributed by atoms with E-state index in [1.165, 1.54) is 0 Å². The number of aryl methyl sites for hydroxylation is 1. The summed E-state index contributed by atoms with van der Waals surface area (Å²) < 4.78 is 5.26. The van der Waals surface area contributed by atoms with Gasteiger partial charge in [-0.15, -0.1) is 5.10 Å². The quantitative estimate of drug-likeness (QED) is 0.833. The molecule has 0 fully saturated rings. The zero-order valence-corrected chi connectivity index (χ0v) is 11.6. The Morgan fingerprint density at radius 1 is 1.40 bits per heavy atom. The molecule has 1 aromatic heterocycles. The summed E-state index contributed by atoms with van der Waals surface area (Å²) >= 11 is 0. The number of ether oxygens (including phenoxy) is 1. The maximum Gasteiger partial charge on any atom is 0.290 e. The molecule has 0 spiro atoms. The van der Waals surface area contributed by atoms with Crippen LogP contribution in [0.2, 0.25) is 0 Å². The minimum Gasteiger partial charge on any atom is -0.496 e. The first kappa shape index (κ1) is 14.0. The molecule has 1 heterocycles. The molecule has 2 rings (SSSR count). The number of para-hydroxylation sites is 1. The SMILES string of the molecule is CCc1nc(C(=O)NCCc2ccccc2OC)n[nH]1. The number of methoxy groups -OCH3 is 1. The maximum atomic E-state index is 11.8. The molecule has 106 valence electrons. The van der Waals surface area contributed by atoms with Crippen molar-refractivity contribution in [2.75, 3.05) is 13.7 Å². The molecule has 0 unspecified atom stereocenters. The fourth-order valence-electron chi connectivity index (χ4n) is 1.85.